The van der Waals surface area contributed by atoms with Crippen molar-refractivity contribution in [3.05, 3.63) is 0 Å². The summed E-state index contributed by atoms with van der Waals surface area (Å²) in [6.45, 7) is 5.64. The zero-order valence-corrected chi connectivity index (χ0v) is 8.37. The van der Waals surface area contributed by atoms with E-state index in [1.165, 1.54) is 0 Å². The van der Waals surface area contributed by atoms with Gasteiger partial charge in [-0.3, -0.25) is 4.79 Å². The number of carbonyl (C=O) groups excluding carboxylic acids is 1. The van der Waals surface area contributed by atoms with Gasteiger partial charge in [0.25, 0.3) is 0 Å². The van der Waals surface area contributed by atoms with Crippen LogP contribution in [0.3, 0.4) is 0 Å². The topological polar surface area (TPSA) is 87.6 Å². The third-order valence-corrected chi connectivity index (χ3v) is 1.32. The smallest absolute Gasteiger partial charge is 0.313 e. The zero-order chi connectivity index (χ0) is 10.5. The highest BCUT2D eigenvalue weighted by Gasteiger charge is 2.23. The molecule has 4 N–H and O–H groups in total. The van der Waals surface area contributed by atoms with E-state index >= 15 is 0 Å². The fourth-order valence-electron chi connectivity index (χ4n) is 0.734. The van der Waals surface area contributed by atoms with Crippen molar-refractivity contribution in [1.29, 1.82) is 0 Å². The number of hydrogen-bond acceptors (Lipinski definition) is 5. The summed E-state index contributed by atoms with van der Waals surface area (Å²) in [6, 6.07) is 0. The van der Waals surface area contributed by atoms with Gasteiger partial charge in [0.05, 0.1) is 12.5 Å². The molecular weight excluding hydrogens is 172 g/mol. The van der Waals surface area contributed by atoms with Crippen LogP contribution >= 0.6 is 0 Å². The van der Waals surface area contributed by atoms with Crippen molar-refractivity contribution in [3.8, 4) is 0 Å². The first kappa shape index (κ1) is 12.3. The third-order valence-electron chi connectivity index (χ3n) is 1.32. The lowest BCUT2D eigenvalue weighted by molar-refractivity contribution is -0.161. The lowest BCUT2D eigenvalue weighted by Crippen LogP contribution is -2.35. The second-order valence-electron chi connectivity index (χ2n) is 3.80. The molecule has 0 saturated carbocycles. The lowest BCUT2D eigenvalue weighted by Gasteiger charge is -2.22. The molecule has 0 fully saturated rings. The summed E-state index contributed by atoms with van der Waals surface area (Å²) in [5.41, 5.74) is 4.84. The molecule has 13 heavy (non-hydrogen) atoms. The molecule has 0 unspecified atom stereocenters. The largest absolute Gasteiger partial charge is 0.460 e. The van der Waals surface area contributed by atoms with E-state index in [9.17, 15) is 4.79 Å². The summed E-state index contributed by atoms with van der Waals surface area (Å²) >= 11 is 0. The molecule has 0 rings (SSSR count). The van der Waals surface area contributed by atoms with Crippen molar-refractivity contribution < 1.29 is 14.4 Å². The molecule has 0 heterocycles. The molecule has 5 nitrogen and oxygen atoms in total. The van der Waals surface area contributed by atoms with Crippen molar-refractivity contribution >= 4 is 5.97 Å². The van der Waals surface area contributed by atoms with Gasteiger partial charge in [-0.25, -0.2) is 5.90 Å². The highest BCUT2D eigenvalue weighted by molar-refractivity contribution is 5.73. The van der Waals surface area contributed by atoms with Gasteiger partial charge in [-0.05, 0) is 20.8 Å². The van der Waals surface area contributed by atoms with Crippen LogP contribution in [0, 0.1) is 5.92 Å². The van der Waals surface area contributed by atoms with E-state index in [-0.39, 0.29) is 19.1 Å². The fourth-order valence-corrected chi connectivity index (χ4v) is 0.734. The molecule has 0 bridgehead atoms. The molecular formula is C8H18N2O3. The standard InChI is InChI=1S/C8H18N2O3/c1-8(2,3)13-7(11)6(4-9)5-12-10/h6H,4-5,9-10H2,1-3H3/t6-/m1/s1. The van der Waals surface area contributed by atoms with Gasteiger partial charge >= 0.3 is 5.97 Å². The Morgan fingerprint density at radius 1 is 1.46 bits per heavy atom. The molecule has 5 heteroatoms. The Bertz CT molecular complexity index is 165. The Morgan fingerprint density at radius 3 is 2.31 bits per heavy atom. The van der Waals surface area contributed by atoms with Gasteiger partial charge in [-0.1, -0.05) is 0 Å². The van der Waals surface area contributed by atoms with Crippen molar-refractivity contribution in [3.63, 3.8) is 0 Å². The summed E-state index contributed by atoms with van der Waals surface area (Å²) in [4.78, 5) is 15.7. The second kappa shape index (κ2) is 5.16. The predicted molar refractivity (Wildman–Crippen MR) is 48.5 cm³/mol. The molecule has 1 atom stereocenters. The van der Waals surface area contributed by atoms with Gasteiger partial charge < -0.3 is 15.3 Å². The van der Waals surface area contributed by atoms with Crippen molar-refractivity contribution in [2.45, 2.75) is 26.4 Å². The molecule has 0 aromatic carbocycles. The first-order chi connectivity index (χ1) is 5.90. The van der Waals surface area contributed by atoms with Gasteiger partial charge in [-0.2, -0.15) is 0 Å². The second-order valence-corrected chi connectivity index (χ2v) is 3.80. The lowest BCUT2D eigenvalue weighted by atomic mass is 10.1. The highest BCUT2D eigenvalue weighted by atomic mass is 16.6. The summed E-state index contributed by atoms with van der Waals surface area (Å²) in [7, 11) is 0. The minimum absolute atomic E-state index is 0.0887. The Labute approximate surface area is 78.3 Å². The van der Waals surface area contributed by atoms with E-state index in [0.29, 0.717) is 0 Å². The van der Waals surface area contributed by atoms with Crippen LogP contribution in [0.5, 0.6) is 0 Å². The highest BCUT2D eigenvalue weighted by Crippen LogP contribution is 2.10. The van der Waals surface area contributed by atoms with Crippen LogP contribution in [0.4, 0.5) is 0 Å². The van der Waals surface area contributed by atoms with Gasteiger partial charge in [0.15, 0.2) is 0 Å². The van der Waals surface area contributed by atoms with E-state index in [1.807, 2.05) is 0 Å². The Hall–Kier alpha value is -0.650. The molecule has 0 saturated heterocycles. The van der Waals surface area contributed by atoms with Crippen LogP contribution in [0.25, 0.3) is 0 Å². The summed E-state index contributed by atoms with van der Waals surface area (Å²) in [5, 5.41) is 0. The maximum atomic E-state index is 11.3. The van der Waals surface area contributed by atoms with Crippen LogP contribution in [0.2, 0.25) is 0 Å². The van der Waals surface area contributed by atoms with Crippen molar-refractivity contribution in [1.82, 2.24) is 0 Å². The van der Waals surface area contributed by atoms with Crippen LogP contribution in [-0.2, 0) is 14.4 Å². The Morgan fingerprint density at radius 2 is 2.00 bits per heavy atom. The maximum Gasteiger partial charge on any atom is 0.313 e. The Balaban J connectivity index is 4.06. The van der Waals surface area contributed by atoms with E-state index in [4.69, 9.17) is 16.4 Å². The maximum absolute atomic E-state index is 11.3. The molecule has 0 aliphatic rings. The van der Waals surface area contributed by atoms with Gasteiger partial charge in [-0.15, -0.1) is 0 Å². The fraction of sp³-hybridized carbons (Fsp3) is 0.875. The van der Waals surface area contributed by atoms with Crippen LogP contribution < -0.4 is 11.6 Å². The summed E-state index contributed by atoms with van der Waals surface area (Å²) in [6.07, 6.45) is 0. The molecule has 0 aliphatic heterocycles. The predicted octanol–water partition coefficient (Wildman–Crippen LogP) is -0.207. The SMILES string of the molecule is CC(C)(C)OC(=O)[C@H](CN)CON. The van der Waals surface area contributed by atoms with E-state index in [0.717, 1.165) is 0 Å². The minimum Gasteiger partial charge on any atom is -0.460 e. The van der Waals surface area contributed by atoms with Gasteiger partial charge in [0.1, 0.15) is 5.60 Å². The van der Waals surface area contributed by atoms with Crippen molar-refractivity contribution in [2.75, 3.05) is 13.2 Å². The van der Waals surface area contributed by atoms with Crippen molar-refractivity contribution in [2.24, 2.45) is 17.5 Å². The van der Waals surface area contributed by atoms with Crippen LogP contribution in [0.15, 0.2) is 0 Å². The van der Waals surface area contributed by atoms with Gasteiger partial charge in [0.2, 0.25) is 0 Å². The number of ether oxygens (including phenoxy) is 1. The van der Waals surface area contributed by atoms with Crippen LogP contribution in [-0.4, -0.2) is 24.7 Å². The monoisotopic (exact) mass is 190 g/mol. The van der Waals surface area contributed by atoms with E-state index in [1.54, 1.807) is 20.8 Å². The number of esters is 1. The number of rotatable bonds is 4. The van der Waals surface area contributed by atoms with E-state index < -0.39 is 11.5 Å². The zero-order valence-electron chi connectivity index (χ0n) is 8.37. The molecule has 0 spiro atoms. The molecule has 0 aromatic heterocycles. The first-order valence-electron chi connectivity index (χ1n) is 4.15. The molecule has 78 valence electrons. The van der Waals surface area contributed by atoms with Crippen LogP contribution in [0.1, 0.15) is 20.8 Å². The third kappa shape index (κ3) is 5.57. The Kier molecular flexibility index (Phi) is 4.90. The number of hydrogen-bond donors (Lipinski definition) is 2. The normalized spacial score (nSPS) is 13.9. The number of carbonyl (C=O) groups is 1. The molecule has 0 aromatic rings. The summed E-state index contributed by atoms with van der Waals surface area (Å²) < 4.78 is 5.09. The summed E-state index contributed by atoms with van der Waals surface area (Å²) in [5.74, 6) is 3.99. The molecule has 0 aliphatic carbocycles. The average molecular weight is 190 g/mol. The molecule has 0 amide bonds. The quantitative estimate of drug-likeness (QED) is 0.473. The number of nitrogens with two attached hydrogens (primary N) is 2. The van der Waals surface area contributed by atoms with Gasteiger partial charge in [0, 0.05) is 6.54 Å². The van der Waals surface area contributed by atoms with E-state index in [2.05, 4.69) is 4.84 Å². The molecule has 0 radical (unpaired) electrons. The minimum atomic E-state index is -0.501. The first-order valence-corrected chi connectivity index (χ1v) is 4.15. The average Bonchev–Trinajstić information content (AvgIpc) is 1.96.